The molecule has 0 fully saturated rings. The molecular formula is C13H12BrNO2S. The van der Waals surface area contributed by atoms with Gasteiger partial charge < -0.3 is 0 Å². The summed E-state index contributed by atoms with van der Waals surface area (Å²) in [5.41, 5.74) is 0. The molecule has 0 bridgehead atoms. The summed E-state index contributed by atoms with van der Waals surface area (Å²) < 4.78 is 27.1. The van der Waals surface area contributed by atoms with Crippen LogP contribution in [0.25, 0.3) is 10.8 Å². The van der Waals surface area contributed by atoms with Crippen LogP contribution in [0, 0.1) is 0 Å². The predicted molar refractivity (Wildman–Crippen MR) is 77.2 cm³/mol. The molecule has 0 atom stereocenters. The fraction of sp³-hybridized carbons (Fsp3) is 0.0769. The molecule has 0 aliphatic heterocycles. The van der Waals surface area contributed by atoms with Crippen LogP contribution in [0.3, 0.4) is 0 Å². The van der Waals surface area contributed by atoms with Crippen LogP contribution in [0.4, 0.5) is 0 Å². The second-order valence-electron chi connectivity index (χ2n) is 3.85. The summed E-state index contributed by atoms with van der Waals surface area (Å²) in [7, 11) is -3.49. The van der Waals surface area contributed by atoms with E-state index in [1.165, 1.54) is 0 Å². The van der Waals surface area contributed by atoms with Crippen LogP contribution in [0.1, 0.15) is 0 Å². The zero-order chi connectivity index (χ0) is 13.2. The lowest BCUT2D eigenvalue weighted by molar-refractivity contribution is 0.585. The molecule has 2 aromatic carbocycles. The summed E-state index contributed by atoms with van der Waals surface area (Å²) in [5.74, 6) is 0. The monoisotopic (exact) mass is 325 g/mol. The van der Waals surface area contributed by atoms with Crippen LogP contribution >= 0.6 is 15.9 Å². The van der Waals surface area contributed by atoms with Gasteiger partial charge >= 0.3 is 0 Å². The van der Waals surface area contributed by atoms with Crippen LogP contribution < -0.4 is 4.72 Å². The van der Waals surface area contributed by atoms with Crippen molar-refractivity contribution in [1.29, 1.82) is 0 Å². The summed E-state index contributed by atoms with van der Waals surface area (Å²) >= 11 is 3.12. The first kappa shape index (κ1) is 13.3. The summed E-state index contributed by atoms with van der Waals surface area (Å²) in [4.78, 5) is 0.259. The van der Waals surface area contributed by atoms with Crippen molar-refractivity contribution >= 4 is 36.7 Å². The number of nitrogens with one attached hydrogen (secondary N) is 1. The zero-order valence-corrected chi connectivity index (χ0v) is 12.0. The Kier molecular flexibility index (Phi) is 3.85. The van der Waals surface area contributed by atoms with E-state index >= 15 is 0 Å². The van der Waals surface area contributed by atoms with Gasteiger partial charge in [-0.2, -0.15) is 0 Å². The van der Waals surface area contributed by atoms with Crippen molar-refractivity contribution < 1.29 is 8.42 Å². The van der Waals surface area contributed by atoms with Crippen LogP contribution in [0.15, 0.2) is 58.4 Å². The summed E-state index contributed by atoms with van der Waals surface area (Å²) in [5, 5.41) is 1.92. The van der Waals surface area contributed by atoms with E-state index in [4.69, 9.17) is 0 Å². The molecule has 0 aliphatic rings. The molecule has 0 unspecified atom stereocenters. The zero-order valence-electron chi connectivity index (χ0n) is 9.56. The highest BCUT2D eigenvalue weighted by atomic mass is 79.9. The molecule has 5 heteroatoms. The van der Waals surface area contributed by atoms with Crippen molar-refractivity contribution in [2.24, 2.45) is 0 Å². The lowest BCUT2D eigenvalue weighted by Gasteiger charge is -2.07. The van der Waals surface area contributed by atoms with Gasteiger partial charge in [0.2, 0.25) is 10.0 Å². The highest BCUT2D eigenvalue weighted by Gasteiger charge is 2.13. The molecular weight excluding hydrogens is 314 g/mol. The average Bonchev–Trinajstić information content (AvgIpc) is 2.36. The third kappa shape index (κ3) is 2.98. The summed E-state index contributed by atoms with van der Waals surface area (Å²) in [6.07, 6.45) is 0. The number of fused-ring (bicyclic) bond motifs is 1. The Balaban J connectivity index is 2.38. The fourth-order valence-electron chi connectivity index (χ4n) is 1.59. The second kappa shape index (κ2) is 5.22. The van der Waals surface area contributed by atoms with Gasteiger partial charge in [0.15, 0.2) is 0 Å². The molecule has 0 amide bonds. The van der Waals surface area contributed by atoms with Crippen LogP contribution in [0.2, 0.25) is 0 Å². The normalized spacial score (nSPS) is 11.6. The minimum atomic E-state index is -3.49. The smallest absolute Gasteiger partial charge is 0.207 e. The van der Waals surface area contributed by atoms with Gasteiger partial charge in [0.25, 0.3) is 0 Å². The third-order valence-electron chi connectivity index (χ3n) is 2.49. The highest BCUT2D eigenvalue weighted by molar-refractivity contribution is 9.11. The van der Waals surface area contributed by atoms with Crippen LogP contribution in [-0.2, 0) is 10.0 Å². The molecule has 0 radical (unpaired) electrons. The first-order valence-corrected chi connectivity index (χ1v) is 7.58. The Morgan fingerprint density at radius 3 is 2.50 bits per heavy atom. The second-order valence-corrected chi connectivity index (χ2v) is 6.74. The number of hydrogen-bond acceptors (Lipinski definition) is 2. The van der Waals surface area contributed by atoms with E-state index in [9.17, 15) is 8.42 Å². The molecule has 0 heterocycles. The Hall–Kier alpha value is -1.17. The van der Waals surface area contributed by atoms with Crippen molar-refractivity contribution in [1.82, 2.24) is 4.72 Å². The maximum absolute atomic E-state index is 12.0. The van der Waals surface area contributed by atoms with E-state index in [2.05, 4.69) is 27.2 Å². The standard InChI is InChI=1S/C13H12BrNO2S/c1-10(14)9-15-18(16,17)13-7-6-11-4-2-3-5-12(11)8-13/h2-8,15H,1,9H2. The molecule has 94 valence electrons. The van der Waals surface area contributed by atoms with Gasteiger partial charge in [-0.25, -0.2) is 13.1 Å². The number of sulfonamides is 1. The molecule has 0 aliphatic carbocycles. The summed E-state index contributed by atoms with van der Waals surface area (Å²) in [6, 6.07) is 12.7. The fourth-order valence-corrected chi connectivity index (χ4v) is 2.98. The molecule has 2 rings (SSSR count). The summed E-state index contributed by atoms with van der Waals surface area (Å²) in [6.45, 7) is 3.77. The van der Waals surface area contributed by atoms with Gasteiger partial charge in [-0.15, -0.1) is 0 Å². The largest absolute Gasteiger partial charge is 0.240 e. The van der Waals surface area contributed by atoms with Crippen LogP contribution in [0.5, 0.6) is 0 Å². The highest BCUT2D eigenvalue weighted by Crippen LogP contribution is 2.18. The lowest BCUT2D eigenvalue weighted by atomic mass is 10.1. The SMILES string of the molecule is C=C(Br)CNS(=O)(=O)c1ccc2ccccc2c1. The first-order chi connectivity index (χ1) is 8.49. The van der Waals surface area contributed by atoms with E-state index in [0.717, 1.165) is 10.8 Å². The van der Waals surface area contributed by atoms with Crippen molar-refractivity contribution in [2.75, 3.05) is 6.54 Å². The van der Waals surface area contributed by atoms with Crippen molar-refractivity contribution in [3.8, 4) is 0 Å². The predicted octanol–water partition coefficient (Wildman–Crippen LogP) is 3.03. The molecule has 0 aromatic heterocycles. The van der Waals surface area contributed by atoms with Gasteiger partial charge in [0, 0.05) is 11.0 Å². The van der Waals surface area contributed by atoms with E-state index in [1.54, 1.807) is 18.2 Å². The van der Waals surface area contributed by atoms with Crippen molar-refractivity contribution in [3.63, 3.8) is 0 Å². The van der Waals surface area contributed by atoms with Gasteiger partial charge in [0.05, 0.1) is 4.90 Å². The molecule has 18 heavy (non-hydrogen) atoms. The van der Waals surface area contributed by atoms with E-state index in [0.29, 0.717) is 4.48 Å². The Morgan fingerprint density at radius 2 is 1.83 bits per heavy atom. The maximum atomic E-state index is 12.0. The van der Waals surface area contributed by atoms with Gasteiger partial charge in [-0.05, 0) is 22.9 Å². The number of benzene rings is 2. The van der Waals surface area contributed by atoms with Gasteiger partial charge in [-0.3, -0.25) is 0 Å². The lowest BCUT2D eigenvalue weighted by Crippen LogP contribution is -2.24. The number of halogens is 1. The van der Waals surface area contributed by atoms with Gasteiger partial charge in [-0.1, -0.05) is 52.8 Å². The van der Waals surface area contributed by atoms with E-state index < -0.39 is 10.0 Å². The quantitative estimate of drug-likeness (QED) is 0.939. The van der Waals surface area contributed by atoms with E-state index in [-0.39, 0.29) is 11.4 Å². The topological polar surface area (TPSA) is 46.2 Å². The molecule has 0 spiro atoms. The minimum absolute atomic E-state index is 0.176. The minimum Gasteiger partial charge on any atom is -0.207 e. The van der Waals surface area contributed by atoms with Crippen LogP contribution in [-0.4, -0.2) is 15.0 Å². The van der Waals surface area contributed by atoms with Gasteiger partial charge in [0.1, 0.15) is 0 Å². The number of hydrogen-bond donors (Lipinski definition) is 1. The molecule has 1 N–H and O–H groups in total. The maximum Gasteiger partial charge on any atom is 0.240 e. The van der Waals surface area contributed by atoms with Crippen molar-refractivity contribution in [3.05, 3.63) is 53.5 Å². The Labute approximate surface area is 115 Å². The molecule has 3 nitrogen and oxygen atoms in total. The molecule has 0 saturated carbocycles. The third-order valence-corrected chi connectivity index (χ3v) is 4.16. The average molecular weight is 326 g/mol. The van der Waals surface area contributed by atoms with E-state index in [1.807, 2.05) is 24.3 Å². The molecule has 2 aromatic rings. The molecule has 0 saturated heterocycles. The number of rotatable bonds is 4. The first-order valence-electron chi connectivity index (χ1n) is 5.31. The Morgan fingerprint density at radius 1 is 1.17 bits per heavy atom. The van der Waals surface area contributed by atoms with Crippen molar-refractivity contribution in [2.45, 2.75) is 4.90 Å². The Bertz CT molecular complexity index is 695.